The van der Waals surface area contributed by atoms with Crippen LogP contribution in [0.15, 0.2) is 140 Å². The van der Waals surface area contributed by atoms with Crippen LogP contribution in [-0.2, 0) is 0 Å². The number of ketones is 2. The van der Waals surface area contributed by atoms with Crippen LogP contribution in [0.25, 0.3) is 77.7 Å². The topological polar surface area (TPSA) is 69.8 Å². The monoisotopic (exact) mass is 674 g/mol. The Kier molecular flexibility index (Phi) is 4.89. The Bertz CT molecular complexity index is 3000. The molecule has 7 heteroatoms. The Labute approximate surface area is 302 Å². The normalized spacial score (nSPS) is 13.7. The first-order chi connectivity index (χ1) is 26.2. The number of benzene rings is 7. The number of fused-ring (bicyclic) bond motifs is 8. The van der Waals surface area contributed by atoms with Gasteiger partial charge < -0.3 is 0 Å². The molecule has 2 aliphatic heterocycles. The van der Waals surface area contributed by atoms with Crippen molar-refractivity contribution < 1.29 is 9.59 Å². The number of rotatable bonds is 2. The highest BCUT2D eigenvalue weighted by Gasteiger charge is 2.46. The fraction of sp³-hybridized carbons (Fsp3) is 0. The van der Waals surface area contributed by atoms with Gasteiger partial charge in [0.25, 0.3) is 6.71 Å². The highest BCUT2D eigenvalue weighted by molar-refractivity contribution is 7.00. The molecule has 0 unspecified atom stereocenters. The van der Waals surface area contributed by atoms with Gasteiger partial charge in [0.15, 0.2) is 0 Å². The highest BCUT2D eigenvalue weighted by atomic mass is 16.1. The number of aromatic nitrogens is 4. The number of carbonyl (C=O) groups is 2. The Hall–Kier alpha value is -7.12. The highest BCUT2D eigenvalue weighted by Crippen LogP contribution is 2.47. The molecule has 0 spiro atoms. The summed E-state index contributed by atoms with van der Waals surface area (Å²) in [6.07, 6.45) is 0. The van der Waals surface area contributed by atoms with Gasteiger partial charge in [-0.05, 0) is 55.8 Å². The van der Waals surface area contributed by atoms with Crippen molar-refractivity contribution in [2.45, 2.75) is 0 Å². The van der Waals surface area contributed by atoms with Gasteiger partial charge in [-0.25, -0.2) is 9.36 Å². The van der Waals surface area contributed by atoms with Gasteiger partial charge in [-0.3, -0.25) is 9.59 Å². The van der Waals surface area contributed by atoms with E-state index < -0.39 is 0 Å². The lowest BCUT2D eigenvalue weighted by atomic mass is 9.33. The third kappa shape index (κ3) is 3.19. The third-order valence-corrected chi connectivity index (χ3v) is 11.9. The van der Waals surface area contributed by atoms with E-state index in [0.717, 1.165) is 94.1 Å². The summed E-state index contributed by atoms with van der Waals surface area (Å²) >= 11 is 0. The van der Waals surface area contributed by atoms with Gasteiger partial charge >= 0.3 is 0 Å². The molecule has 4 heterocycles. The molecular weight excluding hydrogens is 651 g/mol. The molecule has 13 rings (SSSR count). The average Bonchev–Trinajstić information content (AvgIpc) is 3.82. The van der Waals surface area contributed by atoms with Gasteiger partial charge in [0, 0.05) is 33.0 Å². The van der Waals surface area contributed by atoms with Crippen LogP contribution in [0, 0.1) is 0 Å². The lowest BCUT2D eigenvalue weighted by Crippen LogP contribution is -2.60. The zero-order valence-corrected chi connectivity index (χ0v) is 28.0. The molecule has 0 radical (unpaired) electrons. The van der Waals surface area contributed by atoms with Gasteiger partial charge in [-0.15, -0.1) is 0 Å². The van der Waals surface area contributed by atoms with Crippen molar-refractivity contribution in [1.29, 1.82) is 0 Å². The molecule has 2 aliphatic carbocycles. The van der Waals surface area contributed by atoms with Crippen molar-refractivity contribution in [3.63, 3.8) is 0 Å². The maximum atomic E-state index is 14.3. The SMILES string of the molecule is O=C1c2ccccc2-c2ccc3c4c2c1nn4-c1c(-c2ccccc2)cc(-c2ccccc2)c2c1B3c1ccc3c4c(nn-2c14)C(=O)c1ccccc1-3. The number of nitrogens with zero attached hydrogens (tertiary/aromatic N) is 4. The summed E-state index contributed by atoms with van der Waals surface area (Å²) in [6, 6.07) is 47.7. The van der Waals surface area contributed by atoms with E-state index in [1.807, 2.05) is 70.0 Å². The molecule has 53 heavy (non-hydrogen) atoms. The quantitative estimate of drug-likeness (QED) is 0.181. The summed E-state index contributed by atoms with van der Waals surface area (Å²) in [5.74, 6) is -0.121. The van der Waals surface area contributed by atoms with Crippen LogP contribution < -0.4 is 16.4 Å². The molecular formula is C46H23BN4O2. The van der Waals surface area contributed by atoms with Gasteiger partial charge in [0.1, 0.15) is 11.4 Å². The molecule has 0 atom stereocenters. The van der Waals surface area contributed by atoms with E-state index in [1.54, 1.807) is 0 Å². The summed E-state index contributed by atoms with van der Waals surface area (Å²) < 4.78 is 4.08. The van der Waals surface area contributed by atoms with Crippen LogP contribution in [0.4, 0.5) is 0 Å². The van der Waals surface area contributed by atoms with Crippen LogP contribution in [0.3, 0.4) is 0 Å². The van der Waals surface area contributed by atoms with Gasteiger partial charge in [-0.1, -0.05) is 133 Å². The van der Waals surface area contributed by atoms with Crippen molar-refractivity contribution in [3.8, 4) is 55.9 Å². The Balaban J connectivity index is 1.25. The molecule has 0 saturated carbocycles. The summed E-state index contributed by atoms with van der Waals surface area (Å²) in [7, 11) is 0. The molecule has 4 aliphatic rings. The maximum absolute atomic E-state index is 14.3. The fourth-order valence-corrected chi connectivity index (χ4v) is 9.76. The zero-order chi connectivity index (χ0) is 34.7. The lowest BCUT2D eigenvalue weighted by Gasteiger charge is -2.35. The predicted octanol–water partition coefficient (Wildman–Crippen LogP) is 7.26. The van der Waals surface area contributed by atoms with Crippen LogP contribution in [0.2, 0.25) is 0 Å². The Morgan fingerprint density at radius 1 is 0.415 bits per heavy atom. The first-order valence-corrected chi connectivity index (χ1v) is 17.9. The standard InChI is InChI=1S/C46H23BN4O2/c52-45-30-17-9-7-15-26(30)28-19-21-34-43-36(28)39(45)48-50(43)41-32(24-11-3-1-4-12-24)23-33(25-13-5-2-6-14-25)42-38(41)47(34)35-22-20-29-27-16-8-10-18-31(27)46(53)40-37(29)44(35)51(42)49-40/h1-23H. The maximum Gasteiger partial charge on any atom is 0.252 e. The van der Waals surface area contributed by atoms with E-state index in [2.05, 4.69) is 78.9 Å². The molecule has 0 amide bonds. The lowest BCUT2D eigenvalue weighted by molar-refractivity contribution is 0.102. The molecule has 2 aromatic heterocycles. The van der Waals surface area contributed by atoms with E-state index in [0.29, 0.717) is 22.5 Å². The summed E-state index contributed by atoms with van der Waals surface area (Å²) in [4.78, 5) is 28.6. The summed E-state index contributed by atoms with van der Waals surface area (Å²) in [6.45, 7) is -0.220. The second-order valence-electron chi connectivity index (χ2n) is 14.4. The van der Waals surface area contributed by atoms with Gasteiger partial charge in [0.05, 0.1) is 22.4 Å². The van der Waals surface area contributed by atoms with Gasteiger partial charge in [-0.2, -0.15) is 10.2 Å². The molecule has 0 bridgehead atoms. The minimum Gasteiger partial charge on any atom is -0.287 e. The van der Waals surface area contributed by atoms with Crippen LogP contribution in [-0.4, -0.2) is 37.8 Å². The Morgan fingerprint density at radius 2 is 0.830 bits per heavy atom. The number of hydrogen-bond donors (Lipinski definition) is 0. The first kappa shape index (κ1) is 27.6. The molecule has 6 nitrogen and oxygen atoms in total. The van der Waals surface area contributed by atoms with Crippen LogP contribution in [0.1, 0.15) is 32.1 Å². The van der Waals surface area contributed by atoms with E-state index in [4.69, 9.17) is 10.2 Å². The summed E-state index contributed by atoms with van der Waals surface area (Å²) in [5, 5.41) is 12.3. The zero-order valence-electron chi connectivity index (χ0n) is 28.0. The fourth-order valence-electron chi connectivity index (χ4n) is 9.76. The Morgan fingerprint density at radius 3 is 1.28 bits per heavy atom. The average molecular weight is 675 g/mol. The molecule has 0 saturated heterocycles. The van der Waals surface area contributed by atoms with Crippen molar-refractivity contribution in [3.05, 3.63) is 162 Å². The number of hydrogen-bond acceptors (Lipinski definition) is 4. The minimum atomic E-state index is -0.220. The van der Waals surface area contributed by atoms with Crippen molar-refractivity contribution in [2.24, 2.45) is 0 Å². The van der Waals surface area contributed by atoms with E-state index in [-0.39, 0.29) is 18.3 Å². The van der Waals surface area contributed by atoms with E-state index >= 15 is 0 Å². The second kappa shape index (κ2) is 9.40. The third-order valence-electron chi connectivity index (χ3n) is 11.9. The predicted molar refractivity (Wildman–Crippen MR) is 209 cm³/mol. The summed E-state index contributed by atoms with van der Waals surface area (Å²) in [5.41, 5.74) is 17.3. The first-order valence-electron chi connectivity index (χ1n) is 17.9. The van der Waals surface area contributed by atoms with E-state index in [1.165, 1.54) is 0 Å². The van der Waals surface area contributed by atoms with Crippen LogP contribution >= 0.6 is 0 Å². The smallest absolute Gasteiger partial charge is 0.252 e. The number of carbonyl (C=O) groups excluding carboxylic acids is 2. The van der Waals surface area contributed by atoms with Crippen molar-refractivity contribution in [1.82, 2.24) is 19.6 Å². The molecule has 9 aromatic rings. The van der Waals surface area contributed by atoms with Gasteiger partial charge in [0.2, 0.25) is 11.6 Å². The molecule has 242 valence electrons. The largest absolute Gasteiger partial charge is 0.287 e. The molecule has 7 aromatic carbocycles. The minimum absolute atomic E-state index is 0.0603. The van der Waals surface area contributed by atoms with Crippen LogP contribution in [0.5, 0.6) is 0 Å². The molecule has 0 fully saturated rings. The second-order valence-corrected chi connectivity index (χ2v) is 14.4. The van der Waals surface area contributed by atoms with Crippen molar-refractivity contribution in [2.75, 3.05) is 0 Å². The van der Waals surface area contributed by atoms with E-state index in [9.17, 15) is 9.59 Å². The molecule has 0 N–H and O–H groups in total. The van der Waals surface area contributed by atoms with Crippen molar-refractivity contribution >= 4 is 56.5 Å².